The first kappa shape index (κ1) is 10.4. The van der Waals surface area contributed by atoms with Gasteiger partial charge in [-0.15, -0.1) is 0 Å². The number of rotatable bonds is 1. The molecule has 5 heteroatoms. The number of aromatic hydroxyl groups is 1. The van der Waals surface area contributed by atoms with Crippen molar-refractivity contribution in [2.45, 2.75) is 0 Å². The van der Waals surface area contributed by atoms with Gasteiger partial charge in [0.25, 0.3) is 5.56 Å². The monoisotopic (exact) mass is 220 g/mol. The minimum atomic E-state index is -0.391. The Bertz CT molecular complexity index is 617. The van der Waals surface area contributed by atoms with E-state index in [9.17, 15) is 9.90 Å². The molecule has 5 nitrogen and oxygen atoms in total. The van der Waals surface area contributed by atoms with Gasteiger partial charge in [0.15, 0.2) is 5.75 Å². The van der Waals surface area contributed by atoms with E-state index in [4.69, 9.17) is 10.5 Å². The number of ether oxygens (including phenoxy) is 1. The average molecular weight is 220 g/mol. The maximum atomic E-state index is 11.8. The van der Waals surface area contributed by atoms with Crippen molar-refractivity contribution in [3.05, 3.63) is 28.6 Å². The second-order valence-electron chi connectivity index (χ2n) is 3.49. The Morgan fingerprint density at radius 1 is 1.44 bits per heavy atom. The van der Waals surface area contributed by atoms with Crippen LogP contribution >= 0.6 is 0 Å². The van der Waals surface area contributed by atoms with Crippen LogP contribution in [-0.2, 0) is 7.05 Å². The molecule has 0 spiro atoms. The summed E-state index contributed by atoms with van der Waals surface area (Å²) in [6, 6.07) is 5.10. The van der Waals surface area contributed by atoms with E-state index in [1.165, 1.54) is 11.7 Å². The van der Waals surface area contributed by atoms with Gasteiger partial charge in [-0.05, 0) is 12.1 Å². The molecule has 16 heavy (non-hydrogen) atoms. The first-order chi connectivity index (χ1) is 7.57. The maximum absolute atomic E-state index is 11.8. The van der Waals surface area contributed by atoms with Gasteiger partial charge < -0.3 is 20.1 Å². The van der Waals surface area contributed by atoms with E-state index in [0.29, 0.717) is 16.6 Å². The quantitative estimate of drug-likeness (QED) is 0.698. The molecule has 2 rings (SSSR count). The number of aryl methyl sites for hydroxylation is 1. The number of nitrogens with two attached hydrogens (primary N) is 1. The summed E-state index contributed by atoms with van der Waals surface area (Å²) in [5, 5.41) is 10.3. The van der Waals surface area contributed by atoms with Crippen molar-refractivity contribution in [1.82, 2.24) is 4.57 Å². The number of anilines is 1. The molecule has 0 bridgehead atoms. The molecule has 1 aromatic heterocycles. The van der Waals surface area contributed by atoms with Gasteiger partial charge in [0.2, 0.25) is 5.75 Å². The molecule has 0 aliphatic carbocycles. The van der Waals surface area contributed by atoms with E-state index in [2.05, 4.69) is 0 Å². The molecule has 0 saturated carbocycles. The van der Waals surface area contributed by atoms with Crippen molar-refractivity contribution in [3.8, 4) is 11.5 Å². The molecule has 0 aliphatic rings. The first-order valence-corrected chi connectivity index (χ1v) is 4.72. The van der Waals surface area contributed by atoms with Crippen LogP contribution in [0.2, 0.25) is 0 Å². The summed E-state index contributed by atoms with van der Waals surface area (Å²) < 4.78 is 6.27. The van der Waals surface area contributed by atoms with Crippen molar-refractivity contribution in [2.24, 2.45) is 7.05 Å². The van der Waals surface area contributed by atoms with Gasteiger partial charge in [-0.2, -0.15) is 0 Å². The minimum Gasteiger partial charge on any atom is -0.504 e. The van der Waals surface area contributed by atoms with Gasteiger partial charge in [-0.3, -0.25) is 4.79 Å². The van der Waals surface area contributed by atoms with Crippen LogP contribution in [0.4, 0.5) is 5.69 Å². The smallest absolute Gasteiger partial charge is 0.297 e. The third-order valence-electron chi connectivity index (χ3n) is 2.59. The normalized spacial score (nSPS) is 10.6. The van der Waals surface area contributed by atoms with Gasteiger partial charge in [0.05, 0.1) is 18.0 Å². The largest absolute Gasteiger partial charge is 0.504 e. The SMILES string of the molecule is COc1c(O)c2c(N)cccc2n(C)c1=O. The number of hydrogen-bond acceptors (Lipinski definition) is 4. The van der Waals surface area contributed by atoms with Gasteiger partial charge in [0, 0.05) is 12.7 Å². The Labute approximate surface area is 91.7 Å². The number of pyridine rings is 1. The number of nitrogens with zero attached hydrogens (tertiary/aromatic N) is 1. The fraction of sp³-hybridized carbons (Fsp3) is 0.182. The topological polar surface area (TPSA) is 77.5 Å². The number of nitrogen functional groups attached to an aromatic ring is 1. The van der Waals surface area contributed by atoms with Gasteiger partial charge in [-0.25, -0.2) is 0 Å². The summed E-state index contributed by atoms with van der Waals surface area (Å²) in [6.07, 6.45) is 0. The van der Waals surface area contributed by atoms with Gasteiger partial charge in [-0.1, -0.05) is 6.07 Å². The summed E-state index contributed by atoms with van der Waals surface area (Å²) in [7, 11) is 2.94. The Morgan fingerprint density at radius 2 is 2.12 bits per heavy atom. The van der Waals surface area contributed by atoms with Crippen molar-refractivity contribution in [2.75, 3.05) is 12.8 Å². The van der Waals surface area contributed by atoms with E-state index >= 15 is 0 Å². The van der Waals surface area contributed by atoms with E-state index in [1.54, 1.807) is 25.2 Å². The third kappa shape index (κ3) is 1.21. The van der Waals surface area contributed by atoms with Gasteiger partial charge in [0.1, 0.15) is 0 Å². The molecule has 2 aromatic rings. The molecule has 1 heterocycles. The lowest BCUT2D eigenvalue weighted by Crippen LogP contribution is -2.19. The van der Waals surface area contributed by atoms with Crippen LogP contribution in [0.3, 0.4) is 0 Å². The predicted octanol–water partition coefficient (Wildman–Crippen LogP) is 0.835. The summed E-state index contributed by atoms with van der Waals surface area (Å²) >= 11 is 0. The number of benzene rings is 1. The van der Waals surface area contributed by atoms with E-state index in [-0.39, 0.29) is 11.5 Å². The first-order valence-electron chi connectivity index (χ1n) is 4.72. The number of methoxy groups -OCH3 is 1. The van der Waals surface area contributed by atoms with E-state index in [1.807, 2.05) is 0 Å². The maximum Gasteiger partial charge on any atom is 0.297 e. The van der Waals surface area contributed by atoms with Crippen LogP contribution in [0.1, 0.15) is 0 Å². The summed E-state index contributed by atoms with van der Waals surface area (Å²) in [4.78, 5) is 11.8. The number of aromatic nitrogens is 1. The second kappa shape index (κ2) is 3.44. The molecule has 3 N–H and O–H groups in total. The lowest BCUT2D eigenvalue weighted by molar-refractivity contribution is 0.368. The summed E-state index contributed by atoms with van der Waals surface area (Å²) in [5.41, 5.74) is 6.36. The van der Waals surface area contributed by atoms with Crippen molar-refractivity contribution >= 4 is 16.6 Å². The molecule has 0 amide bonds. The van der Waals surface area contributed by atoms with Crippen LogP contribution in [0.5, 0.6) is 11.5 Å². The number of fused-ring (bicyclic) bond motifs is 1. The molecular weight excluding hydrogens is 208 g/mol. The molecule has 84 valence electrons. The Balaban J connectivity index is 3.09. The highest BCUT2D eigenvalue weighted by Crippen LogP contribution is 2.34. The summed E-state index contributed by atoms with van der Waals surface area (Å²) in [5.74, 6) is -0.299. The minimum absolute atomic E-state index is 0.0899. The molecule has 0 unspecified atom stereocenters. The van der Waals surface area contributed by atoms with Crippen molar-refractivity contribution in [1.29, 1.82) is 0 Å². The van der Waals surface area contributed by atoms with E-state index in [0.717, 1.165) is 0 Å². The Hall–Kier alpha value is -2.17. The fourth-order valence-corrected chi connectivity index (χ4v) is 1.76. The molecule has 0 atom stereocenters. The zero-order chi connectivity index (χ0) is 11.9. The van der Waals surface area contributed by atoms with Gasteiger partial charge >= 0.3 is 0 Å². The average Bonchev–Trinajstić information content (AvgIpc) is 2.26. The zero-order valence-corrected chi connectivity index (χ0v) is 9.02. The predicted molar refractivity (Wildman–Crippen MR) is 61.8 cm³/mol. The Morgan fingerprint density at radius 3 is 2.75 bits per heavy atom. The third-order valence-corrected chi connectivity index (χ3v) is 2.59. The fourth-order valence-electron chi connectivity index (χ4n) is 1.76. The Kier molecular flexibility index (Phi) is 2.23. The van der Waals surface area contributed by atoms with Crippen LogP contribution in [0.15, 0.2) is 23.0 Å². The molecule has 1 aromatic carbocycles. The molecule has 0 radical (unpaired) electrons. The second-order valence-corrected chi connectivity index (χ2v) is 3.49. The lowest BCUT2D eigenvalue weighted by atomic mass is 10.1. The van der Waals surface area contributed by atoms with E-state index < -0.39 is 5.56 Å². The molecule has 0 saturated heterocycles. The highest BCUT2D eigenvalue weighted by Gasteiger charge is 2.16. The molecular formula is C11H12N2O3. The highest BCUT2D eigenvalue weighted by atomic mass is 16.5. The lowest BCUT2D eigenvalue weighted by Gasteiger charge is -2.11. The molecule has 0 aliphatic heterocycles. The van der Waals surface area contributed by atoms with Crippen molar-refractivity contribution in [3.63, 3.8) is 0 Å². The molecule has 0 fully saturated rings. The van der Waals surface area contributed by atoms with Crippen LogP contribution in [0, 0.1) is 0 Å². The standard InChI is InChI=1S/C11H12N2O3/c1-13-7-5-3-4-6(12)8(7)9(14)10(16-2)11(13)15/h3-5,14H,12H2,1-2H3. The summed E-state index contributed by atoms with van der Waals surface area (Å²) in [6.45, 7) is 0. The number of hydrogen-bond donors (Lipinski definition) is 2. The zero-order valence-electron chi connectivity index (χ0n) is 9.02. The van der Waals surface area contributed by atoms with Crippen LogP contribution in [0.25, 0.3) is 10.9 Å². The van der Waals surface area contributed by atoms with Crippen LogP contribution < -0.4 is 16.0 Å². The highest BCUT2D eigenvalue weighted by molar-refractivity contribution is 5.97. The van der Waals surface area contributed by atoms with Crippen LogP contribution in [-0.4, -0.2) is 16.8 Å². The van der Waals surface area contributed by atoms with Crippen molar-refractivity contribution < 1.29 is 9.84 Å².